The van der Waals surface area contributed by atoms with Crippen LogP contribution in [-0.2, 0) is 0 Å². The molecule has 73 valence electrons. The Morgan fingerprint density at radius 2 is 2.40 bits per heavy atom. The molecule has 0 spiro atoms. The molecular weight excluding hydrogens is 212 g/mol. The van der Waals surface area contributed by atoms with Crippen LogP contribution in [0.4, 0.5) is 0 Å². The fraction of sp³-hybridized carbons (Fsp3) is 0. The lowest BCUT2D eigenvalue weighted by atomic mass is 10.2. The fourth-order valence-corrected chi connectivity index (χ4v) is 1.99. The molecule has 0 aliphatic carbocycles. The number of thiophene rings is 1. The summed E-state index contributed by atoms with van der Waals surface area (Å²) in [6.45, 7) is 0. The molecular formula is C10H5N2O2S. The van der Waals surface area contributed by atoms with Gasteiger partial charge >= 0.3 is 0 Å². The minimum atomic E-state index is 0.472. The molecule has 0 unspecified atom stereocenters. The van der Waals surface area contributed by atoms with Gasteiger partial charge < -0.3 is 8.94 Å². The Morgan fingerprint density at radius 3 is 3.13 bits per heavy atom. The topological polar surface area (TPSA) is 52.1 Å². The van der Waals surface area contributed by atoms with Crippen LogP contribution in [-0.4, -0.2) is 10.1 Å². The van der Waals surface area contributed by atoms with Crippen molar-refractivity contribution in [2.45, 2.75) is 0 Å². The van der Waals surface area contributed by atoms with Crippen molar-refractivity contribution in [3.63, 3.8) is 0 Å². The van der Waals surface area contributed by atoms with Crippen molar-refractivity contribution < 1.29 is 8.94 Å². The molecule has 15 heavy (non-hydrogen) atoms. The maximum absolute atomic E-state index is 5.18. The van der Waals surface area contributed by atoms with Crippen LogP contribution in [0, 0.1) is 6.20 Å². The molecule has 0 aliphatic heterocycles. The third-order valence-electron chi connectivity index (χ3n) is 1.91. The van der Waals surface area contributed by atoms with Gasteiger partial charge in [-0.25, -0.2) is 4.98 Å². The quantitative estimate of drug-likeness (QED) is 0.662. The molecule has 5 heteroatoms. The maximum atomic E-state index is 5.18. The number of hydrogen-bond donors (Lipinski definition) is 0. The highest BCUT2D eigenvalue weighted by Crippen LogP contribution is 2.33. The normalized spacial score (nSPS) is 10.7. The molecule has 0 atom stereocenters. The largest absolute Gasteiger partial charge is 0.444 e. The van der Waals surface area contributed by atoms with Gasteiger partial charge in [-0.3, -0.25) is 0 Å². The van der Waals surface area contributed by atoms with E-state index in [1.165, 1.54) is 6.26 Å². The lowest BCUT2D eigenvalue weighted by Gasteiger charge is -1.92. The molecule has 4 nitrogen and oxygen atoms in total. The van der Waals surface area contributed by atoms with Gasteiger partial charge in [0.1, 0.15) is 18.0 Å². The van der Waals surface area contributed by atoms with E-state index in [2.05, 4.69) is 16.3 Å². The Morgan fingerprint density at radius 1 is 1.40 bits per heavy atom. The van der Waals surface area contributed by atoms with Gasteiger partial charge in [-0.05, 0) is 11.4 Å². The number of oxazole rings is 1. The van der Waals surface area contributed by atoms with E-state index in [-0.39, 0.29) is 0 Å². The summed E-state index contributed by atoms with van der Waals surface area (Å²) in [5.41, 5.74) is 0.655. The van der Waals surface area contributed by atoms with Crippen molar-refractivity contribution in [2.75, 3.05) is 0 Å². The molecule has 0 fully saturated rings. The van der Waals surface area contributed by atoms with Gasteiger partial charge in [0.05, 0.1) is 11.1 Å². The zero-order chi connectivity index (χ0) is 10.1. The molecule has 0 saturated heterocycles. The maximum Gasteiger partial charge on any atom is 0.232 e. The Hall–Kier alpha value is -1.88. The number of nitrogens with zero attached hydrogens (tertiary/aromatic N) is 2. The Labute approximate surface area is 89.2 Å². The van der Waals surface area contributed by atoms with Crippen molar-refractivity contribution in [1.82, 2.24) is 10.1 Å². The van der Waals surface area contributed by atoms with E-state index in [9.17, 15) is 0 Å². The Kier molecular flexibility index (Phi) is 1.89. The van der Waals surface area contributed by atoms with E-state index in [4.69, 9.17) is 8.94 Å². The van der Waals surface area contributed by atoms with Crippen LogP contribution in [0.3, 0.4) is 0 Å². The first-order valence-corrected chi connectivity index (χ1v) is 5.14. The van der Waals surface area contributed by atoms with E-state index in [0.717, 1.165) is 4.88 Å². The van der Waals surface area contributed by atoms with Crippen LogP contribution in [0.5, 0.6) is 0 Å². The first kappa shape index (κ1) is 8.43. The standard InChI is InChI=1S/C10H5N2O2S/c1-2-8(15-5-1)9-7(6-12-14-9)10-11-3-4-13-10/h1-5H. The van der Waals surface area contributed by atoms with Gasteiger partial charge in [0.2, 0.25) is 5.89 Å². The SMILES string of the molecule is [c]1noc(-c2cccs2)c1-c1ncco1. The lowest BCUT2D eigenvalue weighted by Crippen LogP contribution is -1.76. The second kappa shape index (κ2) is 3.36. The third kappa shape index (κ3) is 1.37. The van der Waals surface area contributed by atoms with Gasteiger partial charge in [-0.1, -0.05) is 11.2 Å². The van der Waals surface area contributed by atoms with Gasteiger partial charge in [0, 0.05) is 0 Å². The smallest absolute Gasteiger partial charge is 0.232 e. The summed E-state index contributed by atoms with van der Waals surface area (Å²) in [6, 6.07) is 3.90. The summed E-state index contributed by atoms with van der Waals surface area (Å²) in [6.07, 6.45) is 5.82. The van der Waals surface area contributed by atoms with Crippen LogP contribution in [0.2, 0.25) is 0 Å². The molecule has 0 saturated carbocycles. The van der Waals surface area contributed by atoms with Crippen molar-refractivity contribution >= 4 is 11.3 Å². The summed E-state index contributed by atoms with van der Waals surface area (Å²) >= 11 is 1.57. The van der Waals surface area contributed by atoms with E-state index in [1.807, 2.05) is 17.5 Å². The number of rotatable bonds is 2. The van der Waals surface area contributed by atoms with Crippen LogP contribution < -0.4 is 0 Å². The monoisotopic (exact) mass is 217 g/mol. The first-order valence-electron chi connectivity index (χ1n) is 4.26. The molecule has 3 aromatic rings. The molecule has 3 rings (SSSR count). The molecule has 0 N–H and O–H groups in total. The Balaban J connectivity index is 2.15. The lowest BCUT2D eigenvalue weighted by molar-refractivity contribution is 0.431. The minimum Gasteiger partial charge on any atom is -0.444 e. The number of aromatic nitrogens is 2. The highest BCUT2D eigenvalue weighted by molar-refractivity contribution is 7.13. The van der Waals surface area contributed by atoms with Crippen LogP contribution >= 0.6 is 11.3 Å². The molecule has 0 amide bonds. The van der Waals surface area contributed by atoms with E-state index in [1.54, 1.807) is 17.5 Å². The first-order chi connectivity index (χ1) is 7.45. The number of hydrogen-bond acceptors (Lipinski definition) is 5. The highest BCUT2D eigenvalue weighted by Gasteiger charge is 2.17. The summed E-state index contributed by atoms with van der Waals surface area (Å²) in [4.78, 5) is 5.02. The third-order valence-corrected chi connectivity index (χ3v) is 2.78. The molecule has 3 aromatic heterocycles. The van der Waals surface area contributed by atoms with E-state index in [0.29, 0.717) is 17.2 Å². The summed E-state index contributed by atoms with van der Waals surface area (Å²) < 4.78 is 10.3. The summed E-state index contributed by atoms with van der Waals surface area (Å²) in [5.74, 6) is 1.12. The molecule has 0 bridgehead atoms. The second-order valence-electron chi connectivity index (χ2n) is 2.81. The van der Waals surface area contributed by atoms with E-state index >= 15 is 0 Å². The minimum absolute atomic E-state index is 0.472. The van der Waals surface area contributed by atoms with Gasteiger partial charge in [-0.15, -0.1) is 11.3 Å². The van der Waals surface area contributed by atoms with Crippen LogP contribution in [0.15, 0.2) is 38.9 Å². The molecule has 1 radical (unpaired) electrons. The Bertz CT molecular complexity index is 491. The van der Waals surface area contributed by atoms with E-state index < -0.39 is 0 Å². The average Bonchev–Trinajstić information content (AvgIpc) is 3.01. The molecule has 3 heterocycles. The highest BCUT2D eigenvalue weighted by atomic mass is 32.1. The van der Waals surface area contributed by atoms with Gasteiger partial charge in [0.15, 0.2) is 5.76 Å². The summed E-state index contributed by atoms with van der Waals surface area (Å²) in [7, 11) is 0. The van der Waals surface area contributed by atoms with Gasteiger partial charge in [0.25, 0.3) is 0 Å². The van der Waals surface area contributed by atoms with Crippen molar-refractivity contribution in [3.8, 4) is 22.1 Å². The van der Waals surface area contributed by atoms with Crippen molar-refractivity contribution in [2.24, 2.45) is 0 Å². The van der Waals surface area contributed by atoms with Crippen LogP contribution in [0.25, 0.3) is 22.1 Å². The van der Waals surface area contributed by atoms with Crippen molar-refractivity contribution in [3.05, 3.63) is 36.2 Å². The fourth-order valence-electron chi connectivity index (χ4n) is 1.28. The zero-order valence-corrected chi connectivity index (χ0v) is 8.32. The predicted octanol–water partition coefficient (Wildman–Crippen LogP) is 2.86. The predicted molar refractivity (Wildman–Crippen MR) is 54.1 cm³/mol. The average molecular weight is 217 g/mol. The second-order valence-corrected chi connectivity index (χ2v) is 3.76. The zero-order valence-electron chi connectivity index (χ0n) is 7.51. The summed E-state index contributed by atoms with van der Waals surface area (Å²) in [5, 5.41) is 5.61. The molecule has 0 aromatic carbocycles. The van der Waals surface area contributed by atoms with Crippen LogP contribution in [0.1, 0.15) is 0 Å². The molecule has 0 aliphatic rings. The van der Waals surface area contributed by atoms with Gasteiger partial charge in [-0.2, -0.15) is 0 Å². The van der Waals surface area contributed by atoms with Crippen molar-refractivity contribution in [1.29, 1.82) is 0 Å².